The molecular formula is C57H68FN9O7S3. The van der Waals surface area contributed by atoms with Crippen LogP contribution < -0.4 is 15.1 Å². The highest BCUT2D eigenvalue weighted by atomic mass is 32.2. The van der Waals surface area contributed by atoms with Crippen LogP contribution in [0.3, 0.4) is 0 Å². The lowest BCUT2D eigenvalue weighted by molar-refractivity contribution is -0.387. The van der Waals surface area contributed by atoms with E-state index in [2.05, 4.69) is 94.4 Å². The summed E-state index contributed by atoms with van der Waals surface area (Å²) in [5.41, 5.74) is 6.12. The van der Waals surface area contributed by atoms with Crippen LogP contribution in [0.15, 0.2) is 137 Å². The number of benzene rings is 5. The van der Waals surface area contributed by atoms with Crippen molar-refractivity contribution in [2.24, 2.45) is 0 Å². The van der Waals surface area contributed by atoms with E-state index in [1.54, 1.807) is 30.3 Å². The molecular weight excluding hydrogens is 1040 g/mol. The number of thiocarbonyl (C=S) groups is 1. The molecule has 1 N–H and O–H groups in total. The van der Waals surface area contributed by atoms with E-state index in [4.69, 9.17) is 12.2 Å². The van der Waals surface area contributed by atoms with E-state index >= 15 is 0 Å². The summed E-state index contributed by atoms with van der Waals surface area (Å²) in [7, 11) is -2.32. The summed E-state index contributed by atoms with van der Waals surface area (Å²) >= 11 is 6.35. The number of para-hydroxylation sites is 3. The van der Waals surface area contributed by atoms with Crippen molar-refractivity contribution in [1.82, 2.24) is 29.5 Å². The van der Waals surface area contributed by atoms with Crippen LogP contribution in [0.4, 0.5) is 21.5 Å². The van der Waals surface area contributed by atoms with E-state index in [-0.39, 0.29) is 56.8 Å². The minimum absolute atomic E-state index is 0. The lowest BCUT2D eigenvalue weighted by atomic mass is 9.85. The van der Waals surface area contributed by atoms with Crippen molar-refractivity contribution < 1.29 is 32.1 Å². The molecule has 0 bridgehead atoms. The zero-order valence-corrected chi connectivity index (χ0v) is 44.1. The molecule has 2 amide bonds. The first-order valence-electron chi connectivity index (χ1n) is 24.1. The number of anilines is 2. The second-order valence-corrected chi connectivity index (χ2v) is 22.3. The van der Waals surface area contributed by atoms with Gasteiger partial charge in [0.25, 0.3) is 21.6 Å². The predicted molar refractivity (Wildman–Crippen MR) is 312 cm³/mol. The number of thioether (sulfide) groups is 1. The number of Topliss-reactive ketones (excluding diaryl/α,β-unsaturated/α-hetero) is 1. The number of aromatic nitrogens is 3. The number of nitrogens with one attached hydrogen (secondary N) is 1. The molecule has 3 saturated heterocycles. The summed E-state index contributed by atoms with van der Waals surface area (Å²) in [5.74, 6) is -0.185. The zero-order valence-electron chi connectivity index (χ0n) is 41.6. The molecule has 408 valence electrons. The van der Waals surface area contributed by atoms with Crippen molar-refractivity contribution in [2.75, 3.05) is 49.7 Å². The van der Waals surface area contributed by atoms with Crippen LogP contribution in [0, 0.1) is 15.9 Å². The Morgan fingerprint density at radius 3 is 2.22 bits per heavy atom. The molecule has 6 aromatic rings. The molecule has 5 heterocycles. The number of hydrogen-bond acceptors (Lipinski definition) is 14. The molecule has 0 unspecified atom stereocenters. The molecule has 4 aliphatic rings. The number of amides is 2. The van der Waals surface area contributed by atoms with Crippen LogP contribution in [-0.2, 0) is 19.6 Å². The highest BCUT2D eigenvalue weighted by Crippen LogP contribution is 2.41. The predicted octanol–water partition coefficient (Wildman–Crippen LogP) is 11.2. The minimum Gasteiger partial charge on any atom is -0.363 e. The van der Waals surface area contributed by atoms with Crippen LogP contribution in [0.1, 0.15) is 97.1 Å². The third-order valence-corrected chi connectivity index (χ3v) is 16.3. The van der Waals surface area contributed by atoms with Gasteiger partial charge in [-0.15, -0.1) is 9.19 Å². The molecule has 10 rings (SSSR count). The zero-order chi connectivity index (χ0) is 53.0. The summed E-state index contributed by atoms with van der Waals surface area (Å²) in [6, 6.07) is 33.9. The van der Waals surface area contributed by atoms with Crippen molar-refractivity contribution >= 4 is 95.7 Å². The van der Waals surface area contributed by atoms with Crippen molar-refractivity contribution in [3.05, 3.63) is 165 Å². The van der Waals surface area contributed by atoms with Gasteiger partial charge in [-0.3, -0.25) is 24.5 Å². The molecule has 16 nitrogen and oxygen atoms in total. The lowest BCUT2D eigenvalue weighted by Gasteiger charge is -2.43. The van der Waals surface area contributed by atoms with Gasteiger partial charge in [-0.05, 0) is 137 Å². The summed E-state index contributed by atoms with van der Waals surface area (Å²) in [6.07, 6.45) is 7.00. The number of ketones is 1. The fourth-order valence-electron chi connectivity index (χ4n) is 9.98. The number of likely N-dealkylation sites (N-methyl/N-ethyl adjacent to an activating group) is 2. The quantitative estimate of drug-likeness (QED) is 0.0425. The van der Waals surface area contributed by atoms with E-state index in [0.717, 1.165) is 62.8 Å². The molecule has 77 heavy (non-hydrogen) atoms. The molecule has 20 heteroatoms. The molecule has 1 aromatic heterocycles. The molecule has 0 atom stereocenters. The third-order valence-electron chi connectivity index (χ3n) is 13.6. The van der Waals surface area contributed by atoms with Gasteiger partial charge in [-0.1, -0.05) is 106 Å². The number of nitro groups is 1. The number of fused-ring (bicyclic) bond motifs is 2. The number of carbonyl (C=O) groups is 3. The van der Waals surface area contributed by atoms with Gasteiger partial charge in [0.05, 0.1) is 22.0 Å². The topological polar surface area (TPSA) is 184 Å². The fraction of sp³-hybridized carbons (Fsp3) is 0.333. The Morgan fingerprint density at radius 2 is 1.57 bits per heavy atom. The van der Waals surface area contributed by atoms with Gasteiger partial charge in [0.2, 0.25) is 5.91 Å². The Labute approximate surface area is 461 Å². The van der Waals surface area contributed by atoms with Gasteiger partial charge < -0.3 is 24.9 Å². The monoisotopic (exact) mass is 1110 g/mol. The van der Waals surface area contributed by atoms with E-state index in [0.29, 0.717) is 37.5 Å². The SMILES string of the molecule is C.C.C.CCN1c2ccc(/C=C3\SC(=S)NC3=O)cc2C(C)=CC1(C)C.CN1CN(c2ccccc2)C2(CCN(CCCC(=O)c3ccc(F)cc3)CC2)C1=O.O=[N+]([O-])c1ccccc1S(=O)(=O)n1nnc2ccccc21. The number of likely N-dealkylation sites (tertiary alicyclic amines) is 1. The number of carbonyl (C=O) groups excluding carboxylic acids is 3. The van der Waals surface area contributed by atoms with Crippen LogP contribution in [0.5, 0.6) is 0 Å². The van der Waals surface area contributed by atoms with E-state index in [1.165, 1.54) is 65.0 Å². The Morgan fingerprint density at radius 1 is 0.922 bits per heavy atom. The second-order valence-electron chi connectivity index (χ2n) is 18.8. The van der Waals surface area contributed by atoms with E-state index < -0.39 is 31.1 Å². The Balaban J connectivity index is 0.000000213. The number of allylic oxidation sites excluding steroid dienone is 1. The number of rotatable bonds is 11. The van der Waals surface area contributed by atoms with Gasteiger partial charge in [0.15, 0.2) is 10.7 Å². The fourth-order valence-corrected chi connectivity index (χ4v) is 12.4. The van der Waals surface area contributed by atoms with Gasteiger partial charge in [-0.25, -0.2) is 4.39 Å². The van der Waals surface area contributed by atoms with Gasteiger partial charge in [0.1, 0.15) is 26.7 Å². The highest BCUT2D eigenvalue weighted by molar-refractivity contribution is 8.26. The number of hydrogen-bond donors (Lipinski definition) is 1. The number of halogens is 1. The maximum absolute atomic E-state index is 13.1. The number of piperidine rings is 1. The highest BCUT2D eigenvalue weighted by Gasteiger charge is 2.52. The summed E-state index contributed by atoms with van der Waals surface area (Å²) in [6.45, 7) is 12.9. The summed E-state index contributed by atoms with van der Waals surface area (Å²) in [5, 5.41) is 21.0. The average Bonchev–Trinajstić information content (AvgIpc) is 4.04. The van der Waals surface area contributed by atoms with Gasteiger partial charge >= 0.3 is 0 Å². The van der Waals surface area contributed by atoms with E-state index in [9.17, 15) is 37.3 Å². The standard InChI is InChI=1S/C24H28FN3O2.C18H20N2OS2.C12H8N4O4S.3CH4/c1-26-18-28(21-6-3-2-4-7-21)24(23(26)30)13-16-27(17-14-24)15-5-8-22(29)19-9-11-20(25)12-10-19;1-5-20-14-7-6-12(9-15-16(21)19-17(22)23-15)8-13(14)11(2)10-18(20,3)4;17-16(18)11-7-3-4-8-12(11)21(19,20)15-10-6-2-1-5-9(10)13-14-15;;;/h2-4,6-7,9-12H,5,8,13-18H2,1H3;6-10H,5H2,1-4H3,(H,19,21,22);1-8H;3*1H4/b;15-9-;;;;. The lowest BCUT2D eigenvalue weighted by Crippen LogP contribution is -2.56. The largest absolute Gasteiger partial charge is 0.363 e. The van der Waals surface area contributed by atoms with Crippen LogP contribution in [0.25, 0.3) is 22.7 Å². The first-order valence-corrected chi connectivity index (χ1v) is 26.7. The number of nitro benzene ring substituents is 1. The molecule has 1 spiro atoms. The first kappa shape index (κ1) is 60.7. The molecule has 4 aliphatic heterocycles. The molecule has 3 fully saturated rings. The average molecular weight is 1110 g/mol. The van der Waals surface area contributed by atoms with Crippen LogP contribution in [0.2, 0.25) is 0 Å². The van der Waals surface area contributed by atoms with Gasteiger partial charge in [-0.2, -0.15) is 8.42 Å². The van der Waals surface area contributed by atoms with Crippen LogP contribution in [-0.4, -0.2) is 110 Å². The summed E-state index contributed by atoms with van der Waals surface area (Å²) < 4.78 is 39.4. The smallest absolute Gasteiger partial charge is 0.291 e. The van der Waals surface area contributed by atoms with Crippen LogP contribution >= 0.6 is 24.0 Å². The summed E-state index contributed by atoms with van der Waals surface area (Å²) in [4.78, 5) is 56.5. The normalized spacial score (nSPS) is 16.9. The Kier molecular flexibility index (Phi) is 20.0. The first-order chi connectivity index (χ1) is 35.3. The molecule has 0 radical (unpaired) electrons. The maximum atomic E-state index is 13.1. The van der Waals surface area contributed by atoms with Crippen molar-refractivity contribution in [2.45, 2.75) is 91.6 Å². The van der Waals surface area contributed by atoms with Crippen molar-refractivity contribution in [3.8, 4) is 0 Å². The van der Waals surface area contributed by atoms with Gasteiger partial charge in [0, 0.05) is 61.7 Å². The number of nitrogens with zero attached hydrogens (tertiary/aromatic N) is 8. The Hall–Kier alpha value is -7.13. The van der Waals surface area contributed by atoms with E-state index in [1.807, 2.05) is 36.2 Å². The third kappa shape index (κ3) is 13.0. The van der Waals surface area contributed by atoms with Crippen molar-refractivity contribution in [1.29, 1.82) is 0 Å². The maximum Gasteiger partial charge on any atom is 0.291 e. The molecule has 0 saturated carbocycles. The molecule has 0 aliphatic carbocycles. The Bertz CT molecular complexity index is 3300. The molecule has 5 aromatic carbocycles. The second kappa shape index (κ2) is 25.3. The van der Waals surface area contributed by atoms with Crippen molar-refractivity contribution in [3.63, 3.8) is 0 Å². The minimum atomic E-state index is -4.20.